The van der Waals surface area contributed by atoms with Crippen molar-refractivity contribution in [3.8, 4) is 0 Å². The molecule has 150 valence electrons. The van der Waals surface area contributed by atoms with Crippen molar-refractivity contribution in [2.75, 3.05) is 0 Å². The number of carbonyl (C=O) groups excluding carboxylic acids is 1. The van der Waals surface area contributed by atoms with Crippen LogP contribution in [0.15, 0.2) is 73.3 Å². The maximum absolute atomic E-state index is 11.7. The Hall–Kier alpha value is -2.21. The zero-order valence-corrected chi connectivity index (χ0v) is 18.3. The van der Waals surface area contributed by atoms with Gasteiger partial charge in [-0.05, 0) is 43.3 Å². The van der Waals surface area contributed by atoms with Crippen LogP contribution in [0.3, 0.4) is 0 Å². The zero-order chi connectivity index (χ0) is 20.6. The van der Waals surface area contributed by atoms with Crippen LogP contribution in [-0.4, -0.2) is 31.5 Å². The van der Waals surface area contributed by atoms with Crippen molar-refractivity contribution < 1.29 is 14.1 Å². The molecule has 5 heteroatoms. The molecular weight excluding hydrogens is 366 g/mol. The Balaban J connectivity index is 2.39. The van der Waals surface area contributed by atoms with Crippen LogP contribution in [0.5, 0.6) is 0 Å². The van der Waals surface area contributed by atoms with E-state index >= 15 is 0 Å². The molecule has 4 nitrogen and oxygen atoms in total. The average Bonchev–Trinajstić information content (AvgIpc) is 2.64. The highest BCUT2D eigenvalue weighted by atomic mass is 28.4. The first-order valence-electron chi connectivity index (χ1n) is 9.62. The van der Waals surface area contributed by atoms with Crippen LogP contribution in [0.1, 0.15) is 18.1 Å². The van der Waals surface area contributed by atoms with E-state index in [4.69, 9.17) is 9.26 Å². The molecule has 0 aromatic heterocycles. The third-order valence-corrected chi connectivity index (χ3v) is 4.93. The normalized spacial score (nSPS) is 13.8. The smallest absolute Gasteiger partial charge is 0.303 e. The lowest BCUT2D eigenvalue weighted by Crippen LogP contribution is -2.49. The second-order valence-electron chi connectivity index (χ2n) is 7.83. The molecule has 0 saturated heterocycles. The van der Waals surface area contributed by atoms with Crippen LogP contribution in [0.4, 0.5) is 0 Å². The van der Waals surface area contributed by atoms with Crippen LogP contribution in [0.25, 0.3) is 0 Å². The molecule has 0 spiro atoms. The van der Waals surface area contributed by atoms with Crippen LogP contribution < -0.4 is 0 Å². The number of hydrogen-bond donors (Lipinski definition) is 0. The monoisotopic (exact) mass is 397 g/mol. The van der Waals surface area contributed by atoms with Gasteiger partial charge in [-0.2, -0.15) is 5.06 Å². The number of carbonyl (C=O) groups is 1. The SMILES string of the molecule is C=C[C@@H](OC(C)=O)[C@@H](Cc1ccccc1)N(Cc1ccccc1)O[Si](C)(C)C. The summed E-state index contributed by atoms with van der Waals surface area (Å²) < 4.78 is 12.1. The summed E-state index contributed by atoms with van der Waals surface area (Å²) in [4.78, 5) is 11.7. The number of nitrogens with zero attached hydrogens (tertiary/aromatic N) is 1. The molecule has 0 heterocycles. The topological polar surface area (TPSA) is 38.8 Å². The number of hydroxylamine groups is 2. The summed E-state index contributed by atoms with van der Waals surface area (Å²) in [6.45, 7) is 12.4. The van der Waals surface area contributed by atoms with Gasteiger partial charge in [-0.1, -0.05) is 67.2 Å². The van der Waals surface area contributed by atoms with Gasteiger partial charge in [-0.3, -0.25) is 4.79 Å². The first-order chi connectivity index (χ1) is 13.3. The van der Waals surface area contributed by atoms with E-state index in [0.717, 1.165) is 11.1 Å². The van der Waals surface area contributed by atoms with Gasteiger partial charge in [0.25, 0.3) is 0 Å². The molecule has 2 aromatic carbocycles. The highest BCUT2D eigenvalue weighted by Gasteiger charge is 2.32. The van der Waals surface area contributed by atoms with Gasteiger partial charge in [0.15, 0.2) is 0 Å². The van der Waals surface area contributed by atoms with Crippen LogP contribution in [0, 0.1) is 0 Å². The van der Waals surface area contributed by atoms with E-state index in [1.807, 2.05) is 41.5 Å². The Labute approximate surface area is 169 Å². The molecule has 0 aliphatic carbocycles. The van der Waals surface area contributed by atoms with E-state index in [-0.39, 0.29) is 12.0 Å². The lowest BCUT2D eigenvalue weighted by atomic mass is 10.00. The molecule has 2 atom stereocenters. The Morgan fingerprint density at radius 1 is 1.04 bits per heavy atom. The van der Waals surface area contributed by atoms with Gasteiger partial charge in [0.2, 0.25) is 8.32 Å². The first-order valence-corrected chi connectivity index (χ1v) is 13.0. The van der Waals surface area contributed by atoms with E-state index in [9.17, 15) is 4.79 Å². The molecular formula is C23H31NO3Si. The van der Waals surface area contributed by atoms with Crippen molar-refractivity contribution in [1.82, 2.24) is 5.06 Å². The Kier molecular flexibility index (Phi) is 8.17. The highest BCUT2D eigenvalue weighted by Crippen LogP contribution is 2.22. The van der Waals surface area contributed by atoms with E-state index < -0.39 is 14.4 Å². The minimum absolute atomic E-state index is 0.185. The molecule has 0 amide bonds. The fourth-order valence-corrected chi connectivity index (χ4v) is 3.95. The van der Waals surface area contributed by atoms with Crippen molar-refractivity contribution >= 4 is 14.3 Å². The molecule has 0 N–H and O–H groups in total. The summed E-state index contributed by atoms with van der Waals surface area (Å²) in [7, 11) is -1.90. The number of ether oxygens (including phenoxy) is 1. The Bertz CT molecular complexity index is 743. The Morgan fingerprint density at radius 3 is 2.04 bits per heavy atom. The van der Waals surface area contributed by atoms with Crippen molar-refractivity contribution in [3.05, 3.63) is 84.4 Å². The number of rotatable bonds is 10. The summed E-state index contributed by atoms with van der Waals surface area (Å²) in [5, 5.41) is 1.99. The largest absolute Gasteiger partial charge is 0.457 e. The van der Waals surface area contributed by atoms with Crippen LogP contribution in [-0.2, 0) is 27.0 Å². The maximum atomic E-state index is 11.7. The summed E-state index contributed by atoms with van der Waals surface area (Å²) in [6, 6.07) is 20.2. The third kappa shape index (κ3) is 7.42. The van der Waals surface area contributed by atoms with E-state index in [2.05, 4.69) is 50.5 Å². The second kappa shape index (κ2) is 10.4. The van der Waals surface area contributed by atoms with Crippen molar-refractivity contribution in [2.24, 2.45) is 0 Å². The number of hydrogen-bond acceptors (Lipinski definition) is 4. The average molecular weight is 398 g/mol. The molecule has 0 bridgehead atoms. The summed E-state index contributed by atoms with van der Waals surface area (Å²) in [5.41, 5.74) is 2.30. The van der Waals surface area contributed by atoms with Crippen LogP contribution in [0.2, 0.25) is 19.6 Å². The van der Waals surface area contributed by atoms with Gasteiger partial charge in [0, 0.05) is 13.5 Å². The third-order valence-electron chi connectivity index (χ3n) is 4.14. The molecule has 0 unspecified atom stereocenters. The molecule has 0 saturated carbocycles. The fourth-order valence-electron chi connectivity index (χ4n) is 3.05. The maximum Gasteiger partial charge on any atom is 0.303 e. The highest BCUT2D eigenvalue weighted by molar-refractivity contribution is 6.69. The summed E-state index contributed by atoms with van der Waals surface area (Å²) in [5.74, 6) is -0.323. The van der Waals surface area contributed by atoms with E-state index in [1.165, 1.54) is 6.92 Å². The fraction of sp³-hybridized carbons (Fsp3) is 0.348. The van der Waals surface area contributed by atoms with Crippen molar-refractivity contribution in [1.29, 1.82) is 0 Å². The molecule has 28 heavy (non-hydrogen) atoms. The van der Waals surface area contributed by atoms with Crippen molar-refractivity contribution in [2.45, 2.75) is 51.7 Å². The standard InChI is InChI=1S/C23H31NO3Si/c1-6-23(26-19(2)25)22(17-20-13-9-7-10-14-20)24(27-28(3,4)5)18-21-15-11-8-12-16-21/h6-16,22-23H,1,17-18H2,2-5H3/t22-,23-/m1/s1. The Morgan fingerprint density at radius 2 is 1.57 bits per heavy atom. The molecule has 0 aliphatic heterocycles. The number of esters is 1. The quantitative estimate of drug-likeness (QED) is 0.245. The summed E-state index contributed by atoms with van der Waals surface area (Å²) >= 11 is 0. The van der Waals surface area contributed by atoms with E-state index in [1.54, 1.807) is 6.08 Å². The van der Waals surface area contributed by atoms with Gasteiger partial charge in [0.1, 0.15) is 6.10 Å². The lowest BCUT2D eigenvalue weighted by Gasteiger charge is -2.38. The van der Waals surface area contributed by atoms with Crippen molar-refractivity contribution in [3.63, 3.8) is 0 Å². The molecule has 0 aliphatic rings. The second-order valence-corrected chi connectivity index (χ2v) is 12.2. The number of benzene rings is 2. The first kappa shape index (κ1) is 22.1. The minimum Gasteiger partial charge on any atom is -0.457 e. The van der Waals surface area contributed by atoms with Gasteiger partial charge in [0.05, 0.1) is 6.04 Å². The molecule has 2 rings (SSSR count). The molecule has 0 radical (unpaired) electrons. The van der Waals surface area contributed by atoms with E-state index in [0.29, 0.717) is 13.0 Å². The van der Waals surface area contributed by atoms with Gasteiger partial charge >= 0.3 is 5.97 Å². The predicted molar refractivity (Wildman–Crippen MR) is 116 cm³/mol. The van der Waals surface area contributed by atoms with Gasteiger partial charge < -0.3 is 9.26 Å². The van der Waals surface area contributed by atoms with Gasteiger partial charge in [-0.15, -0.1) is 0 Å². The zero-order valence-electron chi connectivity index (χ0n) is 17.3. The summed E-state index contributed by atoms with van der Waals surface area (Å²) in [6.07, 6.45) is 1.90. The molecule has 2 aromatic rings. The van der Waals surface area contributed by atoms with Gasteiger partial charge in [-0.25, -0.2) is 0 Å². The predicted octanol–water partition coefficient (Wildman–Crippen LogP) is 4.98. The molecule has 0 fully saturated rings. The van der Waals surface area contributed by atoms with Crippen LogP contribution >= 0.6 is 0 Å². The minimum atomic E-state index is -1.90. The lowest BCUT2D eigenvalue weighted by molar-refractivity contribution is -0.164.